The van der Waals surface area contributed by atoms with Gasteiger partial charge in [0.15, 0.2) is 5.82 Å². The smallest absolute Gasteiger partial charge is 0.163 e. The molecule has 3 rings (SSSR count). The van der Waals surface area contributed by atoms with Gasteiger partial charge in [0.05, 0.1) is 0 Å². The highest BCUT2D eigenvalue weighted by Crippen LogP contribution is 2.26. The maximum absolute atomic E-state index is 9.21. The van der Waals surface area contributed by atoms with Crippen molar-refractivity contribution >= 4 is 15.9 Å². The summed E-state index contributed by atoms with van der Waals surface area (Å²) in [5.74, 6) is 2.23. The Morgan fingerprint density at radius 1 is 1.39 bits per heavy atom. The van der Waals surface area contributed by atoms with Crippen LogP contribution in [0.25, 0.3) is 11.4 Å². The average molecular weight is 308 g/mol. The molecule has 2 heterocycles. The molecule has 0 radical (unpaired) electrons. The molecule has 1 aliphatic rings. The van der Waals surface area contributed by atoms with Crippen LogP contribution in [-0.2, 0) is 13.0 Å². The topological polar surface area (TPSA) is 50.9 Å². The fourth-order valence-corrected chi connectivity index (χ4v) is 2.79. The maximum Gasteiger partial charge on any atom is 0.163 e. The molecule has 0 amide bonds. The van der Waals surface area contributed by atoms with E-state index in [2.05, 4.69) is 36.8 Å². The van der Waals surface area contributed by atoms with Crippen molar-refractivity contribution in [2.75, 3.05) is 6.61 Å². The quantitative estimate of drug-likeness (QED) is 0.926. The van der Waals surface area contributed by atoms with Gasteiger partial charge in [0.25, 0.3) is 0 Å². The number of benzene rings is 1. The molecule has 1 N–H and O–H groups in total. The van der Waals surface area contributed by atoms with E-state index in [1.165, 1.54) is 0 Å². The van der Waals surface area contributed by atoms with Gasteiger partial charge in [-0.2, -0.15) is 0 Å². The van der Waals surface area contributed by atoms with Crippen LogP contribution in [-0.4, -0.2) is 26.5 Å². The van der Waals surface area contributed by atoms with E-state index in [4.69, 9.17) is 0 Å². The van der Waals surface area contributed by atoms with Gasteiger partial charge >= 0.3 is 0 Å². The number of halogens is 1. The number of hydrogen-bond acceptors (Lipinski definition) is 3. The second-order valence-electron chi connectivity index (χ2n) is 4.64. The monoisotopic (exact) mass is 307 g/mol. The van der Waals surface area contributed by atoms with Crippen molar-refractivity contribution < 1.29 is 5.11 Å². The number of rotatable bonds is 2. The summed E-state index contributed by atoms with van der Waals surface area (Å²) in [7, 11) is 0. The van der Waals surface area contributed by atoms with Crippen LogP contribution in [0, 0.1) is 5.92 Å². The average Bonchev–Trinajstić information content (AvgIpc) is 2.81. The van der Waals surface area contributed by atoms with E-state index >= 15 is 0 Å². The molecule has 1 aromatic carbocycles. The minimum absolute atomic E-state index is 0.235. The van der Waals surface area contributed by atoms with Crippen molar-refractivity contribution in [3.63, 3.8) is 0 Å². The summed E-state index contributed by atoms with van der Waals surface area (Å²) in [5, 5.41) is 17.7. The van der Waals surface area contributed by atoms with E-state index in [0.29, 0.717) is 5.92 Å². The van der Waals surface area contributed by atoms with Crippen LogP contribution in [0.5, 0.6) is 0 Å². The zero-order chi connectivity index (χ0) is 12.5. The summed E-state index contributed by atoms with van der Waals surface area (Å²) >= 11 is 3.47. The first kappa shape index (κ1) is 11.9. The molecule has 2 aromatic rings. The van der Waals surface area contributed by atoms with E-state index < -0.39 is 0 Å². The first-order valence-electron chi connectivity index (χ1n) is 6.07. The van der Waals surface area contributed by atoms with Gasteiger partial charge in [0.2, 0.25) is 0 Å². The SMILES string of the molecule is OCC1CCn2c(nnc2-c2cccc(Br)c2)C1. The number of aromatic nitrogens is 3. The molecule has 1 unspecified atom stereocenters. The molecule has 0 bridgehead atoms. The van der Waals surface area contributed by atoms with Crippen LogP contribution in [0.2, 0.25) is 0 Å². The third-order valence-electron chi connectivity index (χ3n) is 3.40. The van der Waals surface area contributed by atoms with Crippen molar-refractivity contribution in [3.05, 3.63) is 34.6 Å². The van der Waals surface area contributed by atoms with Crippen LogP contribution in [0.4, 0.5) is 0 Å². The molecule has 0 fully saturated rings. The third kappa shape index (κ3) is 2.08. The van der Waals surface area contributed by atoms with Crippen molar-refractivity contribution in [2.24, 2.45) is 5.92 Å². The molecule has 18 heavy (non-hydrogen) atoms. The Balaban J connectivity index is 1.98. The summed E-state index contributed by atoms with van der Waals surface area (Å²) in [6.07, 6.45) is 1.81. The fourth-order valence-electron chi connectivity index (χ4n) is 2.39. The lowest BCUT2D eigenvalue weighted by atomic mass is 9.99. The lowest BCUT2D eigenvalue weighted by molar-refractivity contribution is 0.199. The zero-order valence-electron chi connectivity index (χ0n) is 9.88. The minimum Gasteiger partial charge on any atom is -0.396 e. The van der Waals surface area contributed by atoms with Crippen LogP contribution in [0.1, 0.15) is 12.2 Å². The van der Waals surface area contributed by atoms with Gasteiger partial charge in [-0.3, -0.25) is 0 Å². The van der Waals surface area contributed by atoms with Crippen LogP contribution >= 0.6 is 15.9 Å². The van der Waals surface area contributed by atoms with E-state index in [9.17, 15) is 5.11 Å². The van der Waals surface area contributed by atoms with Crippen molar-refractivity contribution in [1.82, 2.24) is 14.8 Å². The summed E-state index contributed by atoms with van der Waals surface area (Å²) in [6.45, 7) is 1.12. The molecule has 4 nitrogen and oxygen atoms in total. The lowest BCUT2D eigenvalue weighted by Gasteiger charge is -2.21. The number of hydrogen-bond donors (Lipinski definition) is 1. The van der Waals surface area contributed by atoms with Gasteiger partial charge in [-0.15, -0.1) is 10.2 Å². The first-order chi connectivity index (χ1) is 8.78. The van der Waals surface area contributed by atoms with Crippen molar-refractivity contribution in [2.45, 2.75) is 19.4 Å². The van der Waals surface area contributed by atoms with Gasteiger partial charge in [0, 0.05) is 29.6 Å². The number of aliphatic hydroxyl groups is 1. The highest BCUT2D eigenvalue weighted by Gasteiger charge is 2.22. The van der Waals surface area contributed by atoms with E-state index in [1.54, 1.807) is 0 Å². The molecule has 1 aromatic heterocycles. The number of aliphatic hydroxyl groups excluding tert-OH is 1. The van der Waals surface area contributed by atoms with E-state index in [-0.39, 0.29) is 6.61 Å². The maximum atomic E-state index is 9.21. The van der Waals surface area contributed by atoms with Crippen LogP contribution in [0.3, 0.4) is 0 Å². The molecule has 0 spiro atoms. The molecule has 0 saturated heterocycles. The summed E-state index contributed by atoms with van der Waals surface area (Å²) in [5.41, 5.74) is 1.07. The Bertz CT molecular complexity index is 567. The van der Waals surface area contributed by atoms with Gasteiger partial charge < -0.3 is 9.67 Å². The predicted octanol–water partition coefficient (Wildman–Crippen LogP) is 2.26. The lowest BCUT2D eigenvalue weighted by Crippen LogP contribution is -2.22. The predicted molar refractivity (Wildman–Crippen MR) is 72.1 cm³/mol. The van der Waals surface area contributed by atoms with Gasteiger partial charge in [0.1, 0.15) is 5.82 Å². The number of fused-ring (bicyclic) bond motifs is 1. The van der Waals surface area contributed by atoms with Gasteiger partial charge in [-0.05, 0) is 24.5 Å². The largest absolute Gasteiger partial charge is 0.396 e. The minimum atomic E-state index is 0.235. The fraction of sp³-hybridized carbons (Fsp3) is 0.385. The Labute approximate surface area is 114 Å². The van der Waals surface area contributed by atoms with E-state index in [0.717, 1.165) is 41.1 Å². The highest BCUT2D eigenvalue weighted by molar-refractivity contribution is 9.10. The molecular weight excluding hydrogens is 294 g/mol. The first-order valence-corrected chi connectivity index (χ1v) is 6.86. The molecular formula is C13H14BrN3O. The Morgan fingerprint density at radius 2 is 2.28 bits per heavy atom. The molecule has 0 saturated carbocycles. The van der Waals surface area contributed by atoms with Crippen molar-refractivity contribution in [1.29, 1.82) is 0 Å². The molecule has 5 heteroatoms. The van der Waals surface area contributed by atoms with Gasteiger partial charge in [-0.25, -0.2) is 0 Å². The summed E-state index contributed by atoms with van der Waals surface area (Å²) in [6, 6.07) is 8.09. The summed E-state index contributed by atoms with van der Waals surface area (Å²) < 4.78 is 3.20. The van der Waals surface area contributed by atoms with Crippen molar-refractivity contribution in [3.8, 4) is 11.4 Å². The van der Waals surface area contributed by atoms with Gasteiger partial charge in [-0.1, -0.05) is 28.1 Å². The second kappa shape index (κ2) is 4.82. The molecule has 94 valence electrons. The highest BCUT2D eigenvalue weighted by atomic mass is 79.9. The Hall–Kier alpha value is -1.20. The normalized spacial score (nSPS) is 18.7. The second-order valence-corrected chi connectivity index (χ2v) is 5.56. The van der Waals surface area contributed by atoms with Crippen LogP contribution < -0.4 is 0 Å². The molecule has 1 atom stereocenters. The Morgan fingerprint density at radius 3 is 3.06 bits per heavy atom. The Kier molecular flexibility index (Phi) is 3.18. The molecule has 0 aliphatic carbocycles. The van der Waals surface area contributed by atoms with E-state index in [1.807, 2.05) is 18.2 Å². The standard InChI is InChI=1S/C13H14BrN3O/c14-11-3-1-2-10(7-11)13-16-15-12-6-9(8-18)4-5-17(12)13/h1-3,7,9,18H,4-6,8H2. The summed E-state index contributed by atoms with van der Waals surface area (Å²) in [4.78, 5) is 0. The molecule has 1 aliphatic heterocycles. The van der Waals surface area contributed by atoms with Crippen LogP contribution in [0.15, 0.2) is 28.7 Å². The zero-order valence-corrected chi connectivity index (χ0v) is 11.5. The third-order valence-corrected chi connectivity index (χ3v) is 3.89. The number of nitrogens with zero attached hydrogens (tertiary/aromatic N) is 3.